The highest BCUT2D eigenvalue weighted by Gasteiger charge is 2.33. The van der Waals surface area contributed by atoms with Gasteiger partial charge in [-0.3, -0.25) is 9.36 Å². The highest BCUT2D eigenvalue weighted by Crippen LogP contribution is 2.36. The number of carbonyl (C=O) groups is 1. The smallest absolute Gasteiger partial charge is 0.338 e. The molecule has 0 fully saturated rings. The molecule has 1 aliphatic heterocycles. The number of allylic oxidation sites excluding steroid dienone is 1. The summed E-state index contributed by atoms with van der Waals surface area (Å²) in [5, 5.41) is 0. The summed E-state index contributed by atoms with van der Waals surface area (Å²) in [4.78, 5) is 33.3. The first kappa shape index (κ1) is 29.6. The fourth-order valence-corrected chi connectivity index (χ4v) is 7.48. The van der Waals surface area contributed by atoms with Gasteiger partial charge in [0.25, 0.3) is 5.56 Å². The summed E-state index contributed by atoms with van der Waals surface area (Å²) in [7, 11) is 0. The molecule has 210 valence electrons. The van der Waals surface area contributed by atoms with E-state index in [1.54, 1.807) is 30.2 Å². The van der Waals surface area contributed by atoms with E-state index in [-0.39, 0.29) is 12.2 Å². The van der Waals surface area contributed by atoms with Crippen LogP contribution in [0, 0.1) is 0 Å². The lowest BCUT2D eigenvalue weighted by Crippen LogP contribution is -2.39. The van der Waals surface area contributed by atoms with Crippen LogP contribution in [0.15, 0.2) is 102 Å². The molecule has 4 aromatic rings. The number of esters is 1. The zero-order valence-corrected chi connectivity index (χ0v) is 27.3. The van der Waals surface area contributed by atoms with Gasteiger partial charge in [-0.15, -0.1) is 11.8 Å². The van der Waals surface area contributed by atoms with E-state index in [0.717, 1.165) is 30.5 Å². The lowest BCUT2D eigenvalue weighted by Gasteiger charge is -2.24. The largest absolute Gasteiger partial charge is 0.487 e. The standard InChI is InChI=1S/C31H26Br2N2O4S2/c1-4-38-30(37)26-18(2)34-31-35(27(26)21-10-12-22(40-3)13-11-21)29(36)25(41-31)16-20-14-23(32)28(24(33)15-20)39-17-19-8-6-5-7-9-19/h5-16,27H,4,17H2,1-3H3/b25-16-/t27-/m1/s1. The number of benzene rings is 3. The Morgan fingerprint density at radius 2 is 1.78 bits per heavy atom. The van der Waals surface area contributed by atoms with Crippen molar-refractivity contribution >= 4 is 67.0 Å². The fraction of sp³-hybridized carbons (Fsp3) is 0.194. The molecule has 5 rings (SSSR count). The Morgan fingerprint density at radius 1 is 1.10 bits per heavy atom. The number of carbonyl (C=O) groups excluding carboxylic acids is 1. The Kier molecular flexibility index (Phi) is 9.33. The predicted molar refractivity (Wildman–Crippen MR) is 171 cm³/mol. The third kappa shape index (κ3) is 6.30. The average molecular weight is 715 g/mol. The van der Waals surface area contributed by atoms with E-state index in [9.17, 15) is 9.59 Å². The molecular formula is C31H26Br2N2O4S2. The maximum atomic E-state index is 13.9. The fourth-order valence-electron chi connectivity index (χ4n) is 4.57. The first-order valence-corrected chi connectivity index (χ1v) is 16.4. The molecule has 41 heavy (non-hydrogen) atoms. The van der Waals surface area contributed by atoms with Crippen molar-refractivity contribution in [2.24, 2.45) is 4.99 Å². The van der Waals surface area contributed by atoms with Crippen molar-refractivity contribution in [1.29, 1.82) is 0 Å². The highest BCUT2D eigenvalue weighted by atomic mass is 79.9. The van der Waals surface area contributed by atoms with Gasteiger partial charge in [0.1, 0.15) is 12.4 Å². The van der Waals surface area contributed by atoms with Crippen LogP contribution in [0.1, 0.15) is 36.6 Å². The first-order chi connectivity index (χ1) is 19.8. The van der Waals surface area contributed by atoms with Gasteiger partial charge >= 0.3 is 5.97 Å². The Hall–Kier alpha value is -2.92. The molecule has 3 aromatic carbocycles. The maximum absolute atomic E-state index is 13.9. The number of aromatic nitrogens is 1. The van der Waals surface area contributed by atoms with E-state index in [0.29, 0.717) is 33.0 Å². The van der Waals surface area contributed by atoms with Crippen LogP contribution in [-0.4, -0.2) is 23.4 Å². The van der Waals surface area contributed by atoms with Gasteiger partial charge in [-0.1, -0.05) is 53.8 Å². The molecule has 10 heteroatoms. The average Bonchev–Trinajstić information content (AvgIpc) is 3.26. The lowest BCUT2D eigenvalue weighted by molar-refractivity contribution is -0.139. The van der Waals surface area contributed by atoms with E-state index >= 15 is 0 Å². The van der Waals surface area contributed by atoms with Crippen molar-refractivity contribution in [3.63, 3.8) is 0 Å². The van der Waals surface area contributed by atoms with Crippen LogP contribution in [0.5, 0.6) is 5.75 Å². The molecule has 0 saturated carbocycles. The summed E-state index contributed by atoms with van der Waals surface area (Å²) >= 11 is 10.2. The molecule has 1 aromatic heterocycles. The van der Waals surface area contributed by atoms with Crippen LogP contribution < -0.4 is 19.6 Å². The third-order valence-corrected chi connectivity index (χ3v) is 9.40. The Labute approximate surface area is 262 Å². The third-order valence-electron chi connectivity index (χ3n) is 6.49. The van der Waals surface area contributed by atoms with E-state index in [1.165, 1.54) is 11.3 Å². The summed E-state index contributed by atoms with van der Waals surface area (Å²) in [5.41, 5.74) is 3.38. The van der Waals surface area contributed by atoms with Crippen molar-refractivity contribution in [2.75, 3.05) is 12.9 Å². The van der Waals surface area contributed by atoms with Gasteiger partial charge in [0, 0.05) is 4.90 Å². The minimum atomic E-state index is -0.643. The summed E-state index contributed by atoms with van der Waals surface area (Å²) in [6.07, 6.45) is 3.84. The SMILES string of the molecule is CCOC(=O)C1=C(C)N=c2s/c(=C\c3cc(Br)c(OCc4ccccc4)c(Br)c3)c(=O)n2[C@@H]1c1ccc(SC)cc1. The minimum absolute atomic E-state index is 0.223. The van der Waals surface area contributed by atoms with Crippen molar-refractivity contribution in [3.05, 3.63) is 123 Å². The maximum Gasteiger partial charge on any atom is 0.338 e. The number of hydrogen-bond donors (Lipinski definition) is 0. The number of thiazole rings is 1. The minimum Gasteiger partial charge on any atom is -0.487 e. The molecule has 1 atom stereocenters. The number of hydrogen-bond acceptors (Lipinski definition) is 7. The van der Waals surface area contributed by atoms with Crippen LogP contribution in [0.4, 0.5) is 0 Å². The molecule has 0 spiro atoms. The lowest BCUT2D eigenvalue weighted by atomic mass is 9.96. The second-order valence-corrected chi connectivity index (χ2v) is 12.8. The van der Waals surface area contributed by atoms with Gasteiger partial charge in [-0.25, -0.2) is 9.79 Å². The molecular weight excluding hydrogens is 688 g/mol. The monoisotopic (exact) mass is 712 g/mol. The molecule has 0 aliphatic carbocycles. The Morgan fingerprint density at radius 3 is 2.41 bits per heavy atom. The van der Waals surface area contributed by atoms with Gasteiger partial charge < -0.3 is 9.47 Å². The number of ether oxygens (including phenoxy) is 2. The van der Waals surface area contributed by atoms with E-state index in [1.807, 2.05) is 79.1 Å². The molecule has 0 radical (unpaired) electrons. The van der Waals surface area contributed by atoms with Crippen LogP contribution in [0.3, 0.4) is 0 Å². The van der Waals surface area contributed by atoms with Crippen molar-refractivity contribution in [1.82, 2.24) is 4.57 Å². The van der Waals surface area contributed by atoms with Crippen LogP contribution in [-0.2, 0) is 16.1 Å². The second kappa shape index (κ2) is 12.9. The molecule has 0 amide bonds. The zero-order valence-electron chi connectivity index (χ0n) is 22.5. The van der Waals surface area contributed by atoms with Crippen molar-refractivity contribution in [3.8, 4) is 5.75 Å². The molecule has 0 N–H and O–H groups in total. The summed E-state index contributed by atoms with van der Waals surface area (Å²) in [6, 6.07) is 21.0. The van der Waals surface area contributed by atoms with Crippen LogP contribution in [0.2, 0.25) is 0 Å². The van der Waals surface area contributed by atoms with E-state index in [2.05, 4.69) is 36.9 Å². The van der Waals surface area contributed by atoms with Crippen LogP contribution >= 0.6 is 55.0 Å². The summed E-state index contributed by atoms with van der Waals surface area (Å²) < 4.78 is 15.1. The number of rotatable bonds is 8. The Bertz CT molecular complexity index is 1790. The van der Waals surface area contributed by atoms with Crippen molar-refractivity contribution in [2.45, 2.75) is 31.4 Å². The highest BCUT2D eigenvalue weighted by molar-refractivity contribution is 9.11. The second-order valence-electron chi connectivity index (χ2n) is 9.16. The molecule has 0 bridgehead atoms. The number of thioether (sulfide) groups is 1. The normalized spacial score (nSPS) is 15.0. The summed E-state index contributed by atoms with van der Waals surface area (Å²) in [5.74, 6) is 0.205. The van der Waals surface area contributed by atoms with Gasteiger partial charge in [-0.05, 0) is 99.0 Å². The molecule has 0 unspecified atom stereocenters. The molecule has 2 heterocycles. The van der Waals surface area contributed by atoms with Gasteiger partial charge in [-0.2, -0.15) is 0 Å². The molecule has 6 nitrogen and oxygen atoms in total. The predicted octanol–water partition coefficient (Wildman–Crippen LogP) is 6.62. The number of fused-ring (bicyclic) bond motifs is 1. The number of nitrogens with zero attached hydrogens (tertiary/aromatic N) is 2. The Balaban J connectivity index is 1.56. The molecule has 1 aliphatic rings. The first-order valence-electron chi connectivity index (χ1n) is 12.8. The van der Waals surface area contributed by atoms with Crippen LogP contribution in [0.25, 0.3) is 6.08 Å². The van der Waals surface area contributed by atoms with Gasteiger partial charge in [0.15, 0.2) is 4.80 Å². The van der Waals surface area contributed by atoms with Gasteiger partial charge in [0.05, 0.1) is 37.4 Å². The molecule has 0 saturated heterocycles. The number of halogens is 2. The summed E-state index contributed by atoms with van der Waals surface area (Å²) in [6.45, 7) is 4.21. The van der Waals surface area contributed by atoms with Crippen molar-refractivity contribution < 1.29 is 14.3 Å². The quantitative estimate of drug-likeness (QED) is 0.152. The zero-order chi connectivity index (χ0) is 29.1. The van der Waals surface area contributed by atoms with E-state index in [4.69, 9.17) is 9.47 Å². The van der Waals surface area contributed by atoms with E-state index < -0.39 is 12.0 Å². The van der Waals surface area contributed by atoms with Gasteiger partial charge in [0.2, 0.25) is 0 Å². The topological polar surface area (TPSA) is 69.9 Å².